The Balaban J connectivity index is 1.68. The number of hydrogen-bond donors (Lipinski definition) is 0. The molecule has 3 fully saturated rings. The summed E-state index contributed by atoms with van der Waals surface area (Å²) in [6.45, 7) is 15.3. The summed E-state index contributed by atoms with van der Waals surface area (Å²) in [6, 6.07) is 0. The van der Waals surface area contributed by atoms with Crippen LogP contribution in [0, 0.1) is 59.2 Å². The van der Waals surface area contributed by atoms with Gasteiger partial charge < -0.3 is 0 Å². The predicted octanol–water partition coefficient (Wildman–Crippen LogP) is 7.43. The second-order valence-corrected chi connectivity index (χ2v) is 10.9. The molecule has 6 unspecified atom stereocenters. The first kappa shape index (κ1) is 18.8. The largest absolute Gasteiger partial charge is 0.0625 e. The first-order valence-corrected chi connectivity index (χ1v) is 11.4. The van der Waals surface area contributed by atoms with Crippen molar-refractivity contribution < 1.29 is 0 Å². The Morgan fingerprint density at radius 2 is 0.792 bits per heavy atom. The van der Waals surface area contributed by atoms with Gasteiger partial charge in [-0.25, -0.2) is 0 Å². The van der Waals surface area contributed by atoms with Crippen molar-refractivity contribution in [1.82, 2.24) is 0 Å². The van der Waals surface area contributed by atoms with E-state index in [-0.39, 0.29) is 0 Å². The summed E-state index contributed by atoms with van der Waals surface area (Å²) in [7, 11) is 0. The van der Waals surface area contributed by atoms with Gasteiger partial charge >= 0.3 is 0 Å². The van der Waals surface area contributed by atoms with Crippen LogP contribution in [0.1, 0.15) is 92.9 Å². The summed E-state index contributed by atoms with van der Waals surface area (Å²) in [6.07, 6.45) is 12.1. The highest BCUT2D eigenvalue weighted by Crippen LogP contribution is 2.51. The zero-order chi connectivity index (χ0) is 17.4. The van der Waals surface area contributed by atoms with Crippen molar-refractivity contribution in [1.29, 1.82) is 0 Å². The van der Waals surface area contributed by atoms with E-state index in [0.29, 0.717) is 0 Å². The van der Waals surface area contributed by atoms with E-state index >= 15 is 0 Å². The van der Waals surface area contributed by atoms with Crippen LogP contribution in [-0.4, -0.2) is 0 Å². The SMILES string of the molecule is CC1CC(C)C(C2CCCC(C3C(C)CC(C)CC3C)C2)C(C)C1. The van der Waals surface area contributed by atoms with E-state index < -0.39 is 0 Å². The summed E-state index contributed by atoms with van der Waals surface area (Å²) >= 11 is 0. The van der Waals surface area contributed by atoms with Gasteiger partial charge in [0.15, 0.2) is 0 Å². The van der Waals surface area contributed by atoms with E-state index in [0.717, 1.165) is 59.2 Å². The van der Waals surface area contributed by atoms with E-state index in [2.05, 4.69) is 41.5 Å². The fourth-order valence-electron chi connectivity index (χ4n) is 8.31. The molecule has 0 radical (unpaired) electrons. The average Bonchev–Trinajstić information content (AvgIpc) is 2.45. The zero-order valence-electron chi connectivity index (χ0n) is 17.4. The Labute approximate surface area is 152 Å². The minimum Gasteiger partial charge on any atom is -0.0625 e. The average molecular weight is 333 g/mol. The molecule has 6 atom stereocenters. The van der Waals surface area contributed by atoms with Crippen LogP contribution in [0.25, 0.3) is 0 Å². The topological polar surface area (TPSA) is 0 Å². The van der Waals surface area contributed by atoms with Gasteiger partial charge in [-0.2, -0.15) is 0 Å². The molecular weight excluding hydrogens is 288 g/mol. The normalized spacial score (nSPS) is 53.8. The fourth-order valence-corrected chi connectivity index (χ4v) is 8.31. The molecule has 0 aromatic carbocycles. The first-order chi connectivity index (χ1) is 11.4. The Morgan fingerprint density at radius 3 is 1.12 bits per heavy atom. The summed E-state index contributed by atoms with van der Waals surface area (Å²) in [5.41, 5.74) is 0. The van der Waals surface area contributed by atoms with E-state index in [4.69, 9.17) is 0 Å². The molecule has 0 spiro atoms. The van der Waals surface area contributed by atoms with Crippen LogP contribution in [0.15, 0.2) is 0 Å². The van der Waals surface area contributed by atoms with E-state index in [1.54, 1.807) is 6.42 Å². The zero-order valence-corrected chi connectivity index (χ0v) is 17.4. The molecule has 3 aliphatic rings. The highest BCUT2D eigenvalue weighted by molar-refractivity contribution is 4.92. The Kier molecular flexibility index (Phi) is 6.03. The van der Waals surface area contributed by atoms with Gasteiger partial charge in [-0.15, -0.1) is 0 Å². The monoisotopic (exact) mass is 332 g/mol. The van der Waals surface area contributed by atoms with Crippen molar-refractivity contribution in [2.24, 2.45) is 59.2 Å². The van der Waals surface area contributed by atoms with Crippen LogP contribution in [0.4, 0.5) is 0 Å². The van der Waals surface area contributed by atoms with Crippen LogP contribution in [-0.2, 0) is 0 Å². The third-order valence-electron chi connectivity index (χ3n) is 8.57. The maximum atomic E-state index is 2.58. The summed E-state index contributed by atoms with van der Waals surface area (Å²) in [4.78, 5) is 0. The molecule has 3 aliphatic carbocycles. The third-order valence-corrected chi connectivity index (χ3v) is 8.57. The van der Waals surface area contributed by atoms with Crippen molar-refractivity contribution >= 4 is 0 Å². The van der Waals surface area contributed by atoms with E-state index in [9.17, 15) is 0 Å². The molecular formula is C24H44. The molecule has 0 heterocycles. The van der Waals surface area contributed by atoms with E-state index in [1.807, 2.05) is 0 Å². The predicted molar refractivity (Wildman–Crippen MR) is 106 cm³/mol. The Hall–Kier alpha value is 0. The van der Waals surface area contributed by atoms with Crippen LogP contribution >= 0.6 is 0 Å². The van der Waals surface area contributed by atoms with Gasteiger partial charge in [0.05, 0.1) is 0 Å². The molecule has 3 saturated carbocycles. The summed E-state index contributed by atoms with van der Waals surface area (Å²) in [5, 5.41) is 0. The second-order valence-electron chi connectivity index (χ2n) is 10.9. The van der Waals surface area contributed by atoms with Gasteiger partial charge in [0, 0.05) is 0 Å². The number of hydrogen-bond acceptors (Lipinski definition) is 0. The third kappa shape index (κ3) is 3.88. The van der Waals surface area contributed by atoms with Gasteiger partial charge in [-0.05, 0) is 91.3 Å². The molecule has 3 rings (SSSR count). The molecule has 0 aromatic rings. The fraction of sp³-hybridized carbons (Fsp3) is 1.00. The molecule has 0 saturated heterocycles. The molecule has 140 valence electrons. The van der Waals surface area contributed by atoms with Gasteiger partial charge in [0.25, 0.3) is 0 Å². The number of rotatable bonds is 2. The lowest BCUT2D eigenvalue weighted by Gasteiger charge is -2.49. The second kappa shape index (κ2) is 7.71. The van der Waals surface area contributed by atoms with Crippen molar-refractivity contribution in [3.63, 3.8) is 0 Å². The first-order valence-electron chi connectivity index (χ1n) is 11.4. The summed E-state index contributed by atoms with van der Waals surface area (Å²) in [5.74, 6) is 9.93. The lowest BCUT2D eigenvalue weighted by atomic mass is 9.56. The molecule has 0 heteroatoms. The Bertz CT molecular complexity index is 339. The van der Waals surface area contributed by atoms with Gasteiger partial charge in [0.1, 0.15) is 0 Å². The van der Waals surface area contributed by atoms with Crippen LogP contribution in [0.2, 0.25) is 0 Å². The smallest absolute Gasteiger partial charge is 0.0334 e. The van der Waals surface area contributed by atoms with Crippen molar-refractivity contribution in [3.05, 3.63) is 0 Å². The standard InChI is InChI=1S/C24H44/c1-15-10-17(3)23(18(4)11-15)21-8-7-9-22(14-21)24-19(5)12-16(2)13-20(24)6/h15-24H,7-14H2,1-6H3. The van der Waals surface area contributed by atoms with Gasteiger partial charge in [-0.3, -0.25) is 0 Å². The molecule has 0 bridgehead atoms. The highest BCUT2D eigenvalue weighted by Gasteiger charge is 2.42. The maximum Gasteiger partial charge on any atom is -0.0334 e. The lowest BCUT2D eigenvalue weighted by Crippen LogP contribution is -2.40. The molecule has 0 aliphatic heterocycles. The molecule has 0 amide bonds. The molecule has 0 aromatic heterocycles. The van der Waals surface area contributed by atoms with Crippen LogP contribution in [0.3, 0.4) is 0 Å². The molecule has 24 heavy (non-hydrogen) atoms. The van der Waals surface area contributed by atoms with Gasteiger partial charge in [-0.1, -0.05) is 60.8 Å². The molecule has 0 nitrogen and oxygen atoms in total. The maximum absolute atomic E-state index is 2.58. The molecule has 0 N–H and O–H groups in total. The Morgan fingerprint density at radius 1 is 0.458 bits per heavy atom. The van der Waals surface area contributed by atoms with Crippen molar-refractivity contribution in [2.45, 2.75) is 92.9 Å². The van der Waals surface area contributed by atoms with Crippen LogP contribution < -0.4 is 0 Å². The minimum atomic E-state index is 0.963. The minimum absolute atomic E-state index is 0.963. The lowest BCUT2D eigenvalue weighted by molar-refractivity contribution is 0.00677. The van der Waals surface area contributed by atoms with Crippen molar-refractivity contribution in [3.8, 4) is 0 Å². The summed E-state index contributed by atoms with van der Waals surface area (Å²) < 4.78 is 0. The quantitative estimate of drug-likeness (QED) is 0.493. The van der Waals surface area contributed by atoms with E-state index in [1.165, 1.54) is 44.9 Å². The van der Waals surface area contributed by atoms with Gasteiger partial charge in [0.2, 0.25) is 0 Å². The highest BCUT2D eigenvalue weighted by atomic mass is 14.5. The van der Waals surface area contributed by atoms with Crippen molar-refractivity contribution in [2.75, 3.05) is 0 Å². The van der Waals surface area contributed by atoms with Crippen LogP contribution in [0.5, 0.6) is 0 Å².